The van der Waals surface area contributed by atoms with Crippen molar-refractivity contribution in [2.24, 2.45) is 0 Å². The summed E-state index contributed by atoms with van der Waals surface area (Å²) in [6.07, 6.45) is 2.17. The number of carbonyl (C=O) groups is 2. The molecule has 7 nitrogen and oxygen atoms in total. The maximum atomic E-state index is 13.9. The number of benzene rings is 2. The molecule has 0 aliphatic rings. The lowest BCUT2D eigenvalue weighted by Gasteiger charge is -2.36. The van der Waals surface area contributed by atoms with Crippen LogP contribution in [0.3, 0.4) is 0 Å². The van der Waals surface area contributed by atoms with E-state index in [0.717, 1.165) is 23.5 Å². The number of hydrogen-bond acceptors (Lipinski definition) is 6. The summed E-state index contributed by atoms with van der Waals surface area (Å²) in [7, 11) is -1.92. The van der Waals surface area contributed by atoms with Gasteiger partial charge in [0.1, 0.15) is 5.82 Å². The predicted octanol–water partition coefficient (Wildman–Crippen LogP) is 7.35. The average Bonchev–Trinajstić information content (AvgIpc) is 3.28. The molecular weight excluding hydrogens is 543 g/mol. The Hall–Kier alpha value is -3.23. The SMILES string of the molecule is CC(C)(C)[Si](C)(C)OCCN(C#N)c1ccc(NC(=O)c2ccc(F)cc2NC(=O)c2ccc(Cl)s2)cc1. The molecule has 0 saturated heterocycles. The number of halogens is 2. The molecule has 0 radical (unpaired) electrons. The Morgan fingerprint density at radius 3 is 2.34 bits per heavy atom. The van der Waals surface area contributed by atoms with E-state index in [9.17, 15) is 19.2 Å². The van der Waals surface area contributed by atoms with E-state index in [4.69, 9.17) is 16.0 Å². The van der Waals surface area contributed by atoms with Crippen molar-refractivity contribution in [2.75, 3.05) is 28.7 Å². The smallest absolute Gasteiger partial charge is 0.265 e. The molecule has 38 heavy (non-hydrogen) atoms. The van der Waals surface area contributed by atoms with E-state index in [2.05, 4.69) is 50.7 Å². The van der Waals surface area contributed by atoms with Crippen LogP contribution in [-0.4, -0.2) is 33.3 Å². The molecule has 0 unspecified atom stereocenters. The number of nitrogens with zero attached hydrogens (tertiary/aromatic N) is 2. The monoisotopic (exact) mass is 572 g/mol. The summed E-state index contributed by atoms with van der Waals surface area (Å²) < 4.78 is 20.5. The minimum Gasteiger partial charge on any atom is -0.415 e. The third kappa shape index (κ3) is 7.42. The van der Waals surface area contributed by atoms with Crippen LogP contribution >= 0.6 is 22.9 Å². The van der Waals surface area contributed by atoms with Gasteiger partial charge < -0.3 is 15.1 Å². The molecule has 3 aromatic rings. The molecular formula is C27H30ClFN4O3SSi. The molecule has 200 valence electrons. The zero-order valence-corrected chi connectivity index (χ0v) is 24.5. The minimum atomic E-state index is -1.92. The first-order chi connectivity index (χ1) is 17.8. The van der Waals surface area contributed by atoms with Gasteiger partial charge in [-0.2, -0.15) is 5.26 Å². The van der Waals surface area contributed by atoms with Crippen LogP contribution in [0, 0.1) is 17.3 Å². The topological polar surface area (TPSA) is 94.5 Å². The molecule has 1 heterocycles. The third-order valence-electron chi connectivity index (χ3n) is 6.41. The van der Waals surface area contributed by atoms with Crippen molar-refractivity contribution in [3.8, 4) is 6.19 Å². The van der Waals surface area contributed by atoms with Gasteiger partial charge in [-0.3, -0.25) is 14.5 Å². The Morgan fingerprint density at radius 2 is 1.76 bits per heavy atom. The second kappa shape index (κ2) is 12.1. The Balaban J connectivity index is 1.67. The standard InChI is InChI=1S/C27H30ClFN4O3SSi/c1-27(2,3)38(4,5)36-15-14-33(17-30)20-9-7-19(8-10-20)31-25(34)21-11-6-18(29)16-22(21)32-26(35)23-12-13-24(28)37-23/h6-13,16H,14-15H2,1-5H3,(H,31,34)(H,32,35). The number of rotatable bonds is 9. The van der Waals surface area contributed by atoms with Crippen molar-refractivity contribution in [1.29, 1.82) is 5.26 Å². The molecule has 1 aromatic heterocycles. The molecule has 0 saturated carbocycles. The van der Waals surface area contributed by atoms with Gasteiger partial charge in [0.25, 0.3) is 11.8 Å². The van der Waals surface area contributed by atoms with Crippen LogP contribution in [0.4, 0.5) is 21.5 Å². The maximum Gasteiger partial charge on any atom is 0.265 e. The number of nitriles is 1. The van der Waals surface area contributed by atoms with Crippen molar-refractivity contribution < 1.29 is 18.4 Å². The Labute approximate surface area is 232 Å². The summed E-state index contributed by atoms with van der Waals surface area (Å²) in [6.45, 7) is 11.7. The fourth-order valence-electron chi connectivity index (χ4n) is 3.21. The highest BCUT2D eigenvalue weighted by Gasteiger charge is 2.37. The predicted molar refractivity (Wildman–Crippen MR) is 154 cm³/mol. The zero-order chi connectivity index (χ0) is 28.1. The van der Waals surface area contributed by atoms with E-state index in [1.807, 2.05) is 0 Å². The van der Waals surface area contributed by atoms with Gasteiger partial charge in [-0.15, -0.1) is 11.3 Å². The summed E-state index contributed by atoms with van der Waals surface area (Å²) in [5.41, 5.74) is 1.26. The molecule has 0 fully saturated rings. The van der Waals surface area contributed by atoms with Gasteiger partial charge >= 0.3 is 0 Å². The first kappa shape index (κ1) is 29.3. The van der Waals surface area contributed by atoms with Gasteiger partial charge in [0, 0.05) is 5.69 Å². The van der Waals surface area contributed by atoms with Crippen molar-refractivity contribution in [3.63, 3.8) is 0 Å². The van der Waals surface area contributed by atoms with E-state index in [1.165, 1.54) is 11.0 Å². The summed E-state index contributed by atoms with van der Waals surface area (Å²) in [4.78, 5) is 27.4. The molecule has 0 aliphatic heterocycles. The van der Waals surface area contributed by atoms with Crippen LogP contribution in [0.15, 0.2) is 54.6 Å². The number of thiophene rings is 1. The van der Waals surface area contributed by atoms with E-state index in [1.54, 1.807) is 36.4 Å². The largest absolute Gasteiger partial charge is 0.415 e. The fourth-order valence-corrected chi connectivity index (χ4v) is 5.18. The molecule has 0 bridgehead atoms. The third-order valence-corrected chi connectivity index (χ3v) is 12.2. The zero-order valence-electron chi connectivity index (χ0n) is 21.9. The van der Waals surface area contributed by atoms with Crippen LogP contribution in [0.25, 0.3) is 0 Å². The van der Waals surface area contributed by atoms with Crippen molar-refractivity contribution in [1.82, 2.24) is 0 Å². The molecule has 11 heteroatoms. The van der Waals surface area contributed by atoms with Gasteiger partial charge in [0.05, 0.1) is 39.3 Å². The lowest BCUT2D eigenvalue weighted by atomic mass is 10.1. The van der Waals surface area contributed by atoms with Crippen LogP contribution in [0.1, 0.15) is 40.8 Å². The van der Waals surface area contributed by atoms with Crippen LogP contribution < -0.4 is 15.5 Å². The van der Waals surface area contributed by atoms with Crippen molar-refractivity contribution >= 4 is 60.1 Å². The summed E-state index contributed by atoms with van der Waals surface area (Å²) in [5, 5.41) is 15.0. The lowest BCUT2D eigenvalue weighted by Crippen LogP contribution is -2.42. The number of nitrogens with one attached hydrogen (secondary N) is 2. The normalized spacial score (nSPS) is 11.5. The molecule has 2 aromatic carbocycles. The van der Waals surface area contributed by atoms with Gasteiger partial charge in [-0.1, -0.05) is 32.4 Å². The van der Waals surface area contributed by atoms with Gasteiger partial charge in [0.2, 0.25) is 0 Å². The number of hydrogen-bond donors (Lipinski definition) is 2. The maximum absolute atomic E-state index is 13.9. The highest BCUT2D eigenvalue weighted by molar-refractivity contribution is 7.18. The van der Waals surface area contributed by atoms with E-state index < -0.39 is 25.9 Å². The number of anilines is 3. The molecule has 3 rings (SSSR count). The molecule has 0 aliphatic carbocycles. The highest BCUT2D eigenvalue weighted by atomic mass is 35.5. The van der Waals surface area contributed by atoms with E-state index in [0.29, 0.717) is 33.7 Å². The minimum absolute atomic E-state index is 0.0334. The Morgan fingerprint density at radius 1 is 1.08 bits per heavy atom. The summed E-state index contributed by atoms with van der Waals surface area (Å²) >= 11 is 6.97. The van der Waals surface area contributed by atoms with Crippen LogP contribution in [0.5, 0.6) is 0 Å². The molecule has 2 amide bonds. The first-order valence-electron chi connectivity index (χ1n) is 11.9. The average molecular weight is 573 g/mol. The van der Waals surface area contributed by atoms with Crippen LogP contribution in [0.2, 0.25) is 22.5 Å². The van der Waals surface area contributed by atoms with Crippen molar-refractivity contribution in [3.05, 3.63) is 75.2 Å². The van der Waals surface area contributed by atoms with E-state index >= 15 is 0 Å². The Bertz CT molecular complexity index is 1350. The second-order valence-corrected chi connectivity index (χ2v) is 16.6. The molecule has 0 atom stereocenters. The lowest BCUT2D eigenvalue weighted by molar-refractivity contribution is 0.102. The quantitative estimate of drug-likeness (QED) is 0.159. The molecule has 0 spiro atoms. The van der Waals surface area contributed by atoms with Gasteiger partial charge in [-0.25, -0.2) is 4.39 Å². The second-order valence-electron chi connectivity index (χ2n) is 10.1. The first-order valence-corrected chi connectivity index (χ1v) is 16.0. The fraction of sp³-hybridized carbons (Fsp3) is 0.296. The van der Waals surface area contributed by atoms with Gasteiger partial charge in [-0.05, 0) is 72.7 Å². The summed E-state index contributed by atoms with van der Waals surface area (Å²) in [5.74, 6) is -1.63. The van der Waals surface area contributed by atoms with Gasteiger partial charge in [0.15, 0.2) is 14.5 Å². The van der Waals surface area contributed by atoms with E-state index in [-0.39, 0.29) is 16.3 Å². The highest BCUT2D eigenvalue weighted by Crippen LogP contribution is 2.36. The van der Waals surface area contributed by atoms with Crippen molar-refractivity contribution in [2.45, 2.75) is 38.9 Å². The number of carbonyl (C=O) groups excluding carboxylic acids is 2. The molecule has 2 N–H and O–H groups in total. The summed E-state index contributed by atoms with van der Waals surface area (Å²) in [6, 6.07) is 13.4. The number of amides is 2. The van der Waals surface area contributed by atoms with Crippen LogP contribution in [-0.2, 0) is 4.43 Å². The Kier molecular flexibility index (Phi) is 9.33.